The second kappa shape index (κ2) is 10.3. The standard InChI is InChI=1S/C21H26N6O4/c1-27-11-19(31-12-14-3-5-15(30-2)6-4-14)18(28)9-17(27)21(29)25-8-7-24-16-10-23-13-26-20(16)22/h3-6,9-11,13,18,24,28H,7-8,12H2,1-2H3,(H,25,29)(H2,22,23,26). The lowest BCUT2D eigenvalue weighted by Crippen LogP contribution is -2.37. The molecule has 0 fully saturated rings. The summed E-state index contributed by atoms with van der Waals surface area (Å²) in [5.41, 5.74) is 7.59. The lowest BCUT2D eigenvalue weighted by atomic mass is 10.1. The van der Waals surface area contributed by atoms with E-state index < -0.39 is 6.10 Å². The van der Waals surface area contributed by atoms with E-state index in [1.54, 1.807) is 31.5 Å². The van der Waals surface area contributed by atoms with Gasteiger partial charge in [0.25, 0.3) is 5.91 Å². The van der Waals surface area contributed by atoms with Crippen LogP contribution in [0, 0.1) is 0 Å². The zero-order chi connectivity index (χ0) is 22.2. The number of aliphatic hydroxyl groups excluding tert-OH is 1. The number of nitrogens with zero attached hydrogens (tertiary/aromatic N) is 3. The Balaban J connectivity index is 1.48. The van der Waals surface area contributed by atoms with Gasteiger partial charge in [-0.1, -0.05) is 12.1 Å². The number of amides is 1. The molecule has 10 nitrogen and oxygen atoms in total. The van der Waals surface area contributed by atoms with Crippen molar-refractivity contribution >= 4 is 17.4 Å². The first-order valence-corrected chi connectivity index (χ1v) is 9.65. The summed E-state index contributed by atoms with van der Waals surface area (Å²) in [4.78, 5) is 21.9. The van der Waals surface area contributed by atoms with Gasteiger partial charge >= 0.3 is 0 Å². The topological polar surface area (TPSA) is 135 Å². The Morgan fingerprint density at radius 3 is 2.77 bits per heavy atom. The van der Waals surface area contributed by atoms with Gasteiger partial charge in [-0.2, -0.15) is 0 Å². The van der Waals surface area contributed by atoms with E-state index >= 15 is 0 Å². The molecule has 5 N–H and O–H groups in total. The third-order valence-corrected chi connectivity index (χ3v) is 4.57. The Bertz CT molecular complexity index is 961. The lowest BCUT2D eigenvalue weighted by Gasteiger charge is -2.26. The first kappa shape index (κ1) is 21.9. The molecule has 1 amide bonds. The van der Waals surface area contributed by atoms with E-state index in [0.29, 0.717) is 36.1 Å². The number of methoxy groups -OCH3 is 1. The maximum atomic E-state index is 12.5. The van der Waals surface area contributed by atoms with Crippen LogP contribution in [-0.2, 0) is 16.1 Å². The van der Waals surface area contributed by atoms with Gasteiger partial charge in [-0.05, 0) is 23.8 Å². The van der Waals surface area contributed by atoms with Crippen LogP contribution in [0.3, 0.4) is 0 Å². The van der Waals surface area contributed by atoms with Crippen molar-refractivity contribution in [2.45, 2.75) is 12.7 Å². The number of hydrogen-bond acceptors (Lipinski definition) is 9. The number of nitrogen functional groups attached to an aromatic ring is 1. The van der Waals surface area contributed by atoms with E-state index in [2.05, 4.69) is 20.6 Å². The molecule has 2 heterocycles. The number of ether oxygens (including phenoxy) is 2. The van der Waals surface area contributed by atoms with Crippen LogP contribution in [0.1, 0.15) is 5.56 Å². The third-order valence-electron chi connectivity index (χ3n) is 4.57. The maximum Gasteiger partial charge on any atom is 0.267 e. The van der Waals surface area contributed by atoms with Crippen molar-refractivity contribution in [1.82, 2.24) is 20.2 Å². The highest BCUT2D eigenvalue weighted by Crippen LogP contribution is 2.21. The molecule has 0 saturated carbocycles. The Morgan fingerprint density at radius 1 is 1.29 bits per heavy atom. The summed E-state index contributed by atoms with van der Waals surface area (Å²) in [5.74, 6) is 1.14. The van der Waals surface area contributed by atoms with Crippen LogP contribution in [-0.4, -0.2) is 59.2 Å². The maximum absolute atomic E-state index is 12.5. The number of benzene rings is 1. The van der Waals surface area contributed by atoms with Crippen LogP contribution >= 0.6 is 0 Å². The fourth-order valence-corrected chi connectivity index (χ4v) is 2.87. The minimum absolute atomic E-state index is 0.286. The van der Waals surface area contributed by atoms with Crippen LogP contribution in [0.15, 0.2) is 60.5 Å². The Morgan fingerprint density at radius 2 is 2.06 bits per heavy atom. The molecule has 0 radical (unpaired) electrons. The molecule has 0 bridgehead atoms. The molecule has 31 heavy (non-hydrogen) atoms. The molecule has 1 atom stereocenters. The van der Waals surface area contributed by atoms with Gasteiger partial charge < -0.3 is 35.8 Å². The average Bonchev–Trinajstić information content (AvgIpc) is 2.78. The van der Waals surface area contributed by atoms with Gasteiger partial charge in [-0.3, -0.25) is 4.79 Å². The zero-order valence-electron chi connectivity index (χ0n) is 17.4. The molecule has 0 saturated heterocycles. The predicted molar refractivity (Wildman–Crippen MR) is 116 cm³/mol. The summed E-state index contributed by atoms with van der Waals surface area (Å²) in [6.07, 6.45) is 4.96. The number of carbonyl (C=O) groups excluding carboxylic acids is 1. The fourth-order valence-electron chi connectivity index (χ4n) is 2.87. The summed E-state index contributed by atoms with van der Waals surface area (Å²) in [7, 11) is 3.32. The number of rotatable bonds is 9. The fraction of sp³-hybridized carbons (Fsp3) is 0.286. The SMILES string of the molecule is COc1ccc(COC2=CN(C)C(C(=O)NCCNc3cncnc3N)=CC2O)cc1. The van der Waals surface area contributed by atoms with Crippen molar-refractivity contribution in [2.75, 3.05) is 38.3 Å². The number of aromatic nitrogens is 2. The number of hydrogen-bond donors (Lipinski definition) is 4. The van der Waals surface area contributed by atoms with Gasteiger partial charge in [0.1, 0.15) is 42.1 Å². The van der Waals surface area contributed by atoms with E-state index in [9.17, 15) is 9.90 Å². The number of carbonyl (C=O) groups is 1. The van der Waals surface area contributed by atoms with Crippen molar-refractivity contribution in [2.24, 2.45) is 0 Å². The van der Waals surface area contributed by atoms with Gasteiger partial charge in [-0.25, -0.2) is 9.97 Å². The Labute approximate surface area is 180 Å². The van der Waals surface area contributed by atoms with Crippen LogP contribution in [0.4, 0.5) is 11.5 Å². The molecule has 0 aliphatic carbocycles. The van der Waals surface area contributed by atoms with E-state index in [-0.39, 0.29) is 12.5 Å². The van der Waals surface area contributed by atoms with Crippen LogP contribution in [0.25, 0.3) is 0 Å². The van der Waals surface area contributed by atoms with E-state index in [4.69, 9.17) is 15.2 Å². The number of aliphatic hydroxyl groups is 1. The van der Waals surface area contributed by atoms with Gasteiger partial charge in [0.2, 0.25) is 0 Å². The normalized spacial score (nSPS) is 15.6. The van der Waals surface area contributed by atoms with Crippen molar-refractivity contribution < 1.29 is 19.4 Å². The van der Waals surface area contributed by atoms with Crippen molar-refractivity contribution in [3.05, 3.63) is 66.1 Å². The average molecular weight is 426 g/mol. The number of anilines is 2. The first-order valence-electron chi connectivity index (χ1n) is 9.65. The van der Waals surface area contributed by atoms with E-state index in [1.807, 2.05) is 24.3 Å². The third kappa shape index (κ3) is 5.86. The smallest absolute Gasteiger partial charge is 0.267 e. The number of nitrogens with two attached hydrogens (primary N) is 1. The van der Waals surface area contributed by atoms with Crippen LogP contribution < -0.4 is 21.1 Å². The Hall–Kier alpha value is -3.79. The van der Waals surface area contributed by atoms with E-state index in [0.717, 1.165) is 11.3 Å². The quantitative estimate of drug-likeness (QED) is 0.430. The zero-order valence-corrected chi connectivity index (χ0v) is 17.4. The molecule has 0 spiro atoms. The van der Waals surface area contributed by atoms with Crippen molar-refractivity contribution in [3.8, 4) is 5.75 Å². The highest BCUT2D eigenvalue weighted by atomic mass is 16.5. The largest absolute Gasteiger partial charge is 0.497 e. The highest BCUT2D eigenvalue weighted by molar-refractivity contribution is 5.93. The molecule has 2 aromatic rings. The summed E-state index contributed by atoms with van der Waals surface area (Å²) in [5, 5.41) is 16.2. The van der Waals surface area contributed by atoms with Gasteiger partial charge in [-0.15, -0.1) is 0 Å². The minimum atomic E-state index is -1.02. The molecular weight excluding hydrogens is 400 g/mol. The number of nitrogens with one attached hydrogen (secondary N) is 2. The molecule has 10 heteroatoms. The van der Waals surface area contributed by atoms with Gasteiger partial charge in [0, 0.05) is 26.3 Å². The monoisotopic (exact) mass is 426 g/mol. The molecule has 1 aromatic heterocycles. The Kier molecular flexibility index (Phi) is 7.28. The molecule has 164 valence electrons. The van der Waals surface area contributed by atoms with Crippen molar-refractivity contribution in [1.29, 1.82) is 0 Å². The van der Waals surface area contributed by atoms with Crippen molar-refractivity contribution in [3.63, 3.8) is 0 Å². The first-order chi connectivity index (χ1) is 15.0. The summed E-state index contributed by atoms with van der Waals surface area (Å²) < 4.78 is 10.9. The van der Waals surface area contributed by atoms with Gasteiger partial charge in [0.15, 0.2) is 0 Å². The molecule has 3 rings (SSSR count). The predicted octanol–water partition coefficient (Wildman–Crippen LogP) is 0.844. The molecule has 1 aromatic carbocycles. The summed E-state index contributed by atoms with van der Waals surface area (Å²) in [6, 6.07) is 7.45. The minimum Gasteiger partial charge on any atom is -0.497 e. The summed E-state index contributed by atoms with van der Waals surface area (Å²) >= 11 is 0. The van der Waals surface area contributed by atoms with E-state index in [1.165, 1.54) is 12.4 Å². The summed E-state index contributed by atoms with van der Waals surface area (Å²) in [6.45, 7) is 1.07. The molecule has 1 unspecified atom stereocenters. The molecule has 1 aliphatic rings. The van der Waals surface area contributed by atoms with Crippen LogP contribution in [0.5, 0.6) is 5.75 Å². The molecular formula is C21H26N6O4. The lowest BCUT2D eigenvalue weighted by molar-refractivity contribution is -0.118. The van der Waals surface area contributed by atoms with Crippen LogP contribution in [0.2, 0.25) is 0 Å². The second-order valence-corrected chi connectivity index (χ2v) is 6.78. The number of likely N-dealkylation sites (N-methyl/N-ethyl adjacent to an activating group) is 1. The second-order valence-electron chi connectivity index (χ2n) is 6.78. The molecule has 1 aliphatic heterocycles. The van der Waals surface area contributed by atoms with Gasteiger partial charge in [0.05, 0.1) is 19.0 Å². The highest BCUT2D eigenvalue weighted by Gasteiger charge is 2.23.